The fourth-order valence-corrected chi connectivity index (χ4v) is 1.02. The molecule has 6 heteroatoms. The van der Waals surface area contributed by atoms with Crippen LogP contribution in [0.4, 0.5) is 5.69 Å². The highest BCUT2D eigenvalue weighted by atomic mass is 79.9. The van der Waals surface area contributed by atoms with E-state index in [9.17, 15) is 9.59 Å². The summed E-state index contributed by atoms with van der Waals surface area (Å²) < 4.78 is 0.654. The van der Waals surface area contributed by atoms with Crippen LogP contribution in [0.1, 0.15) is 0 Å². The standard InChI is InChI=1S/C9H7BrN2O3/c10-7-2-1-6(5-11-7)12-8(13)3-4-9(14)15/h1-5H,(H,12,13)(H,14,15). The Morgan fingerprint density at radius 2 is 2.13 bits per heavy atom. The number of hydrogen-bond acceptors (Lipinski definition) is 3. The van der Waals surface area contributed by atoms with Gasteiger partial charge in [0.15, 0.2) is 0 Å². The quantitative estimate of drug-likeness (QED) is 0.643. The fourth-order valence-electron chi connectivity index (χ4n) is 0.781. The third-order valence-electron chi connectivity index (χ3n) is 1.37. The number of halogens is 1. The van der Waals surface area contributed by atoms with Gasteiger partial charge in [-0.25, -0.2) is 9.78 Å². The summed E-state index contributed by atoms with van der Waals surface area (Å²) in [7, 11) is 0. The van der Waals surface area contributed by atoms with Gasteiger partial charge in [-0.2, -0.15) is 0 Å². The Morgan fingerprint density at radius 3 is 2.67 bits per heavy atom. The van der Waals surface area contributed by atoms with E-state index in [0.29, 0.717) is 10.3 Å². The van der Waals surface area contributed by atoms with E-state index < -0.39 is 11.9 Å². The normalized spacial score (nSPS) is 10.2. The van der Waals surface area contributed by atoms with E-state index in [2.05, 4.69) is 26.2 Å². The number of carbonyl (C=O) groups excluding carboxylic acids is 1. The number of aliphatic carboxylic acids is 1. The Labute approximate surface area is 94.0 Å². The molecule has 0 unspecified atom stereocenters. The summed E-state index contributed by atoms with van der Waals surface area (Å²) in [5, 5.41) is 10.7. The number of pyridine rings is 1. The summed E-state index contributed by atoms with van der Waals surface area (Å²) >= 11 is 3.15. The molecule has 5 nitrogen and oxygen atoms in total. The third kappa shape index (κ3) is 4.37. The summed E-state index contributed by atoms with van der Waals surface area (Å²) in [6.07, 6.45) is 3.16. The number of nitrogens with one attached hydrogen (secondary N) is 1. The number of hydrogen-bond donors (Lipinski definition) is 2. The first-order valence-corrected chi connectivity index (χ1v) is 4.71. The molecule has 1 amide bonds. The molecule has 0 aliphatic rings. The molecule has 2 N–H and O–H groups in total. The van der Waals surface area contributed by atoms with Gasteiger partial charge in [0.1, 0.15) is 4.60 Å². The molecule has 1 aromatic rings. The first-order chi connectivity index (χ1) is 7.08. The Bertz CT molecular complexity index is 400. The first-order valence-electron chi connectivity index (χ1n) is 3.91. The van der Waals surface area contributed by atoms with E-state index in [1.165, 1.54) is 6.20 Å². The lowest BCUT2D eigenvalue weighted by atomic mass is 10.4. The van der Waals surface area contributed by atoms with Crippen LogP contribution in [0.5, 0.6) is 0 Å². The Hall–Kier alpha value is -1.69. The van der Waals surface area contributed by atoms with Crippen LogP contribution in [0.15, 0.2) is 35.1 Å². The van der Waals surface area contributed by atoms with Crippen LogP contribution >= 0.6 is 15.9 Å². The monoisotopic (exact) mass is 270 g/mol. The van der Waals surface area contributed by atoms with Crippen LogP contribution < -0.4 is 5.32 Å². The molecule has 0 aromatic carbocycles. The number of anilines is 1. The van der Waals surface area contributed by atoms with Gasteiger partial charge < -0.3 is 10.4 Å². The molecule has 15 heavy (non-hydrogen) atoms. The van der Waals surface area contributed by atoms with Crippen molar-refractivity contribution in [2.24, 2.45) is 0 Å². The minimum absolute atomic E-state index is 0.498. The van der Waals surface area contributed by atoms with Crippen molar-refractivity contribution in [3.8, 4) is 0 Å². The molecule has 0 saturated heterocycles. The second kappa shape index (κ2) is 5.26. The molecule has 1 aromatic heterocycles. The van der Waals surface area contributed by atoms with Gasteiger partial charge in [0.25, 0.3) is 0 Å². The van der Waals surface area contributed by atoms with Gasteiger partial charge in [0.05, 0.1) is 11.9 Å². The van der Waals surface area contributed by atoms with Crippen LogP contribution in [-0.4, -0.2) is 22.0 Å². The smallest absolute Gasteiger partial charge is 0.328 e. The SMILES string of the molecule is O=C(O)C=CC(=O)Nc1ccc(Br)nc1. The Morgan fingerprint density at radius 1 is 1.40 bits per heavy atom. The van der Waals surface area contributed by atoms with Gasteiger partial charge in [-0.05, 0) is 28.1 Å². The predicted molar refractivity (Wildman–Crippen MR) is 57.3 cm³/mol. The molecule has 0 spiro atoms. The number of nitrogens with zero attached hydrogens (tertiary/aromatic N) is 1. The highest BCUT2D eigenvalue weighted by Crippen LogP contribution is 2.10. The molecule has 0 atom stereocenters. The molecule has 1 heterocycles. The van der Waals surface area contributed by atoms with Crippen molar-refractivity contribution in [1.29, 1.82) is 0 Å². The van der Waals surface area contributed by atoms with Gasteiger partial charge in [-0.1, -0.05) is 0 Å². The lowest BCUT2D eigenvalue weighted by Crippen LogP contribution is -2.08. The maximum absolute atomic E-state index is 11.1. The van der Waals surface area contributed by atoms with E-state index in [1.54, 1.807) is 12.1 Å². The molecule has 0 radical (unpaired) electrons. The fraction of sp³-hybridized carbons (Fsp3) is 0. The molecular weight excluding hydrogens is 264 g/mol. The minimum Gasteiger partial charge on any atom is -0.478 e. The van der Waals surface area contributed by atoms with Crippen LogP contribution in [0, 0.1) is 0 Å². The largest absolute Gasteiger partial charge is 0.478 e. The van der Waals surface area contributed by atoms with E-state index >= 15 is 0 Å². The lowest BCUT2D eigenvalue weighted by molar-refractivity contribution is -0.131. The van der Waals surface area contributed by atoms with Gasteiger partial charge in [-0.15, -0.1) is 0 Å². The highest BCUT2D eigenvalue weighted by Gasteiger charge is 1.98. The van der Waals surface area contributed by atoms with E-state index in [4.69, 9.17) is 5.11 Å². The molecule has 0 saturated carbocycles. The molecule has 0 aliphatic carbocycles. The number of carbonyl (C=O) groups is 2. The Kier molecular flexibility index (Phi) is 3.99. The van der Waals surface area contributed by atoms with Crippen molar-refractivity contribution in [2.45, 2.75) is 0 Å². The van der Waals surface area contributed by atoms with Crippen LogP contribution in [-0.2, 0) is 9.59 Å². The summed E-state index contributed by atoms with van der Waals surface area (Å²) in [5.74, 6) is -1.68. The molecule has 0 bridgehead atoms. The van der Waals surface area contributed by atoms with Crippen molar-refractivity contribution >= 4 is 33.5 Å². The maximum atomic E-state index is 11.1. The van der Waals surface area contributed by atoms with E-state index in [0.717, 1.165) is 12.2 Å². The number of aromatic nitrogens is 1. The average molecular weight is 271 g/mol. The van der Waals surface area contributed by atoms with Crippen LogP contribution in [0.2, 0.25) is 0 Å². The summed E-state index contributed by atoms with van der Waals surface area (Å²) in [6.45, 7) is 0. The van der Waals surface area contributed by atoms with Gasteiger partial charge in [0, 0.05) is 12.2 Å². The van der Waals surface area contributed by atoms with Gasteiger partial charge >= 0.3 is 5.97 Å². The highest BCUT2D eigenvalue weighted by molar-refractivity contribution is 9.10. The molecular formula is C9H7BrN2O3. The summed E-state index contributed by atoms with van der Waals surface area (Å²) in [6, 6.07) is 3.31. The average Bonchev–Trinajstić information content (AvgIpc) is 2.19. The van der Waals surface area contributed by atoms with Gasteiger partial charge in [-0.3, -0.25) is 4.79 Å². The van der Waals surface area contributed by atoms with Crippen LogP contribution in [0.3, 0.4) is 0 Å². The molecule has 1 rings (SSSR count). The maximum Gasteiger partial charge on any atom is 0.328 e. The van der Waals surface area contributed by atoms with Gasteiger partial charge in [0.2, 0.25) is 5.91 Å². The van der Waals surface area contributed by atoms with Crippen molar-refractivity contribution in [2.75, 3.05) is 5.32 Å². The summed E-state index contributed by atoms with van der Waals surface area (Å²) in [4.78, 5) is 25.1. The predicted octanol–water partition coefficient (Wildman–Crippen LogP) is 1.42. The van der Waals surface area contributed by atoms with Crippen molar-refractivity contribution in [3.63, 3.8) is 0 Å². The zero-order chi connectivity index (χ0) is 11.3. The van der Waals surface area contributed by atoms with Crippen molar-refractivity contribution < 1.29 is 14.7 Å². The van der Waals surface area contributed by atoms with E-state index in [1.807, 2.05) is 0 Å². The number of carboxylic acid groups (broad SMARTS) is 1. The Balaban J connectivity index is 2.59. The van der Waals surface area contributed by atoms with Crippen LogP contribution in [0.25, 0.3) is 0 Å². The second-order valence-electron chi connectivity index (χ2n) is 2.53. The first kappa shape index (κ1) is 11.4. The zero-order valence-electron chi connectivity index (χ0n) is 7.48. The molecule has 78 valence electrons. The summed E-state index contributed by atoms with van der Waals surface area (Å²) in [5.41, 5.74) is 0.498. The minimum atomic E-state index is -1.17. The molecule has 0 aliphatic heterocycles. The van der Waals surface area contributed by atoms with Crippen molar-refractivity contribution in [3.05, 3.63) is 35.1 Å². The molecule has 0 fully saturated rings. The lowest BCUT2D eigenvalue weighted by Gasteiger charge is -2.00. The van der Waals surface area contributed by atoms with E-state index in [-0.39, 0.29) is 0 Å². The topological polar surface area (TPSA) is 79.3 Å². The number of amides is 1. The van der Waals surface area contributed by atoms with Crippen molar-refractivity contribution in [1.82, 2.24) is 4.98 Å². The zero-order valence-corrected chi connectivity index (χ0v) is 9.06. The number of carboxylic acids is 1. The third-order valence-corrected chi connectivity index (χ3v) is 1.84. The number of rotatable bonds is 3. The second-order valence-corrected chi connectivity index (χ2v) is 3.34.